The maximum atomic E-state index is 3.52. The Bertz CT molecular complexity index is 118. The minimum atomic E-state index is 1.21. The van der Waals surface area contributed by atoms with Gasteiger partial charge in [0, 0.05) is 12.9 Å². The van der Waals surface area contributed by atoms with E-state index in [1.54, 1.807) is 6.21 Å². The van der Waals surface area contributed by atoms with Gasteiger partial charge in [-0.3, -0.25) is 0 Å². The van der Waals surface area contributed by atoms with E-state index in [1.807, 2.05) is 19.9 Å². The van der Waals surface area contributed by atoms with Crippen molar-refractivity contribution in [2.24, 2.45) is 10.2 Å². The molecule has 0 aliphatic heterocycles. The topological polar surface area (TPSA) is 24.7 Å². The van der Waals surface area contributed by atoms with Gasteiger partial charge >= 0.3 is 0 Å². The highest BCUT2D eigenvalue weighted by Gasteiger charge is 1.67. The number of rotatable bonds is 2. The van der Waals surface area contributed by atoms with Crippen LogP contribution < -0.4 is 0 Å². The van der Waals surface area contributed by atoms with Gasteiger partial charge in [0.15, 0.2) is 0 Å². The minimum Gasteiger partial charge on any atom is -0.167 e. The third-order valence-electron chi connectivity index (χ3n) is 0.556. The molecule has 0 aromatic carbocycles. The lowest BCUT2D eigenvalue weighted by Gasteiger charge is -1.77. The zero-order valence-corrected chi connectivity index (χ0v) is 5.26. The van der Waals surface area contributed by atoms with Crippen molar-refractivity contribution in [2.45, 2.75) is 13.8 Å². The van der Waals surface area contributed by atoms with Crippen molar-refractivity contribution in [1.29, 1.82) is 0 Å². The van der Waals surface area contributed by atoms with Crippen LogP contribution in [0.1, 0.15) is 13.8 Å². The first-order chi connectivity index (χ1) is 3.77. The van der Waals surface area contributed by atoms with E-state index >= 15 is 0 Å². The fourth-order valence-corrected chi connectivity index (χ4v) is 0.230. The molecule has 0 aromatic rings. The Kier molecular flexibility index (Phi) is 3.76. The molecule has 0 saturated carbocycles. The summed E-state index contributed by atoms with van der Waals surface area (Å²) in [6.45, 7) is 7.17. The molecule has 0 fully saturated rings. The van der Waals surface area contributed by atoms with Gasteiger partial charge in [-0.2, -0.15) is 10.2 Å². The molecule has 2 nitrogen and oxygen atoms in total. The van der Waals surface area contributed by atoms with Crippen LogP contribution in [0.3, 0.4) is 0 Å². The van der Waals surface area contributed by atoms with Crippen LogP contribution in [0.2, 0.25) is 0 Å². The van der Waals surface area contributed by atoms with E-state index in [0.717, 1.165) is 0 Å². The van der Waals surface area contributed by atoms with Gasteiger partial charge < -0.3 is 0 Å². The summed E-state index contributed by atoms with van der Waals surface area (Å²) in [6, 6.07) is 0. The lowest BCUT2D eigenvalue weighted by molar-refractivity contribution is 1.28. The standard InChI is InChI=1S/C6H10N2/c1-6(2)4-5-8-7-3/h4-5H,3H2,1-2H3/b8-5-. The van der Waals surface area contributed by atoms with Crippen LogP contribution in [-0.2, 0) is 0 Å². The molecule has 0 atom stereocenters. The Morgan fingerprint density at radius 2 is 2.12 bits per heavy atom. The van der Waals surface area contributed by atoms with Crippen molar-refractivity contribution in [3.8, 4) is 0 Å². The van der Waals surface area contributed by atoms with Gasteiger partial charge in [-0.25, -0.2) is 0 Å². The van der Waals surface area contributed by atoms with E-state index in [2.05, 4.69) is 16.9 Å². The Morgan fingerprint density at radius 1 is 1.50 bits per heavy atom. The maximum Gasteiger partial charge on any atom is 0.0494 e. The average molecular weight is 110 g/mol. The zero-order chi connectivity index (χ0) is 6.41. The van der Waals surface area contributed by atoms with Crippen molar-refractivity contribution in [3.05, 3.63) is 11.6 Å². The third kappa shape index (κ3) is 5.08. The van der Waals surface area contributed by atoms with E-state index in [1.165, 1.54) is 5.57 Å². The van der Waals surface area contributed by atoms with Gasteiger partial charge in [-0.05, 0) is 19.9 Å². The van der Waals surface area contributed by atoms with Gasteiger partial charge in [0.05, 0.1) is 0 Å². The second kappa shape index (κ2) is 4.24. The number of nitrogens with zero attached hydrogens (tertiary/aromatic N) is 2. The Balaban J connectivity index is 3.57. The average Bonchev–Trinajstić information content (AvgIpc) is 1.66. The van der Waals surface area contributed by atoms with Crippen molar-refractivity contribution in [3.63, 3.8) is 0 Å². The van der Waals surface area contributed by atoms with Crippen molar-refractivity contribution in [1.82, 2.24) is 0 Å². The van der Waals surface area contributed by atoms with E-state index in [4.69, 9.17) is 0 Å². The van der Waals surface area contributed by atoms with Crippen LogP contribution >= 0.6 is 0 Å². The lowest BCUT2D eigenvalue weighted by Crippen LogP contribution is -1.65. The molecule has 0 saturated heterocycles. The molecule has 44 valence electrons. The highest BCUT2D eigenvalue weighted by Crippen LogP contribution is 1.83. The van der Waals surface area contributed by atoms with E-state index in [9.17, 15) is 0 Å². The molecular formula is C6H10N2. The van der Waals surface area contributed by atoms with E-state index < -0.39 is 0 Å². The van der Waals surface area contributed by atoms with Crippen LogP contribution in [0, 0.1) is 0 Å². The van der Waals surface area contributed by atoms with E-state index in [-0.39, 0.29) is 0 Å². The third-order valence-corrected chi connectivity index (χ3v) is 0.556. The Hall–Kier alpha value is -0.920. The summed E-state index contributed by atoms with van der Waals surface area (Å²) in [5.41, 5.74) is 1.21. The predicted molar refractivity (Wildman–Crippen MR) is 37.5 cm³/mol. The molecule has 2 heteroatoms. The van der Waals surface area contributed by atoms with Gasteiger partial charge in [0.25, 0.3) is 0 Å². The van der Waals surface area contributed by atoms with E-state index in [0.29, 0.717) is 0 Å². The monoisotopic (exact) mass is 110 g/mol. The highest BCUT2D eigenvalue weighted by atomic mass is 15.2. The predicted octanol–water partition coefficient (Wildman–Crippen LogP) is 1.64. The van der Waals surface area contributed by atoms with Gasteiger partial charge in [0.2, 0.25) is 0 Å². The highest BCUT2D eigenvalue weighted by molar-refractivity contribution is 5.71. The summed E-state index contributed by atoms with van der Waals surface area (Å²) in [7, 11) is 0. The molecule has 0 bridgehead atoms. The summed E-state index contributed by atoms with van der Waals surface area (Å²) < 4.78 is 0. The minimum absolute atomic E-state index is 1.21. The van der Waals surface area contributed by atoms with Crippen LogP contribution in [0.5, 0.6) is 0 Å². The quantitative estimate of drug-likeness (QED) is 0.381. The largest absolute Gasteiger partial charge is 0.167 e. The molecule has 0 spiro atoms. The molecule has 0 aromatic heterocycles. The molecule has 0 amide bonds. The summed E-state index contributed by atoms with van der Waals surface area (Å²) in [5, 5.41) is 6.81. The first-order valence-electron chi connectivity index (χ1n) is 2.40. The van der Waals surface area contributed by atoms with Crippen molar-refractivity contribution in [2.75, 3.05) is 0 Å². The molecule has 0 unspecified atom stereocenters. The van der Waals surface area contributed by atoms with Crippen LogP contribution in [-0.4, -0.2) is 12.9 Å². The van der Waals surface area contributed by atoms with Gasteiger partial charge in [-0.15, -0.1) is 0 Å². The molecule has 0 heterocycles. The van der Waals surface area contributed by atoms with Crippen LogP contribution in [0.25, 0.3) is 0 Å². The van der Waals surface area contributed by atoms with Crippen molar-refractivity contribution < 1.29 is 0 Å². The summed E-state index contributed by atoms with van der Waals surface area (Å²) in [5.74, 6) is 0. The van der Waals surface area contributed by atoms with Gasteiger partial charge in [-0.1, -0.05) is 5.57 Å². The second-order valence-corrected chi connectivity index (χ2v) is 1.65. The summed E-state index contributed by atoms with van der Waals surface area (Å²) in [4.78, 5) is 0. The molecule has 0 N–H and O–H groups in total. The lowest BCUT2D eigenvalue weighted by atomic mass is 10.3. The molecular weight excluding hydrogens is 100 g/mol. The normalized spacial score (nSPS) is 9.25. The van der Waals surface area contributed by atoms with Gasteiger partial charge in [0.1, 0.15) is 0 Å². The van der Waals surface area contributed by atoms with Crippen molar-refractivity contribution >= 4 is 12.9 Å². The smallest absolute Gasteiger partial charge is 0.0494 e. The summed E-state index contributed by atoms with van der Waals surface area (Å²) in [6.07, 6.45) is 3.48. The first-order valence-corrected chi connectivity index (χ1v) is 2.40. The Labute approximate surface area is 49.6 Å². The SMILES string of the molecule is C=N/N=C\C=C(C)C. The zero-order valence-electron chi connectivity index (χ0n) is 5.26. The molecule has 0 radical (unpaired) electrons. The molecule has 0 aliphatic carbocycles. The number of allylic oxidation sites excluding steroid dienone is 2. The number of hydrogen-bond acceptors (Lipinski definition) is 2. The number of hydrogen-bond donors (Lipinski definition) is 0. The second-order valence-electron chi connectivity index (χ2n) is 1.65. The summed E-state index contributed by atoms with van der Waals surface area (Å²) >= 11 is 0. The van der Waals surface area contributed by atoms with Crippen LogP contribution in [0.4, 0.5) is 0 Å². The maximum absolute atomic E-state index is 3.52. The molecule has 8 heavy (non-hydrogen) atoms. The molecule has 0 aliphatic rings. The fraction of sp³-hybridized carbons (Fsp3) is 0.333. The Morgan fingerprint density at radius 3 is 2.50 bits per heavy atom. The molecule has 0 rings (SSSR count). The van der Waals surface area contributed by atoms with Crippen LogP contribution in [0.15, 0.2) is 21.9 Å². The first kappa shape index (κ1) is 7.08. The fourth-order valence-electron chi connectivity index (χ4n) is 0.230.